The molecule has 0 aliphatic rings. The van der Waals surface area contributed by atoms with Crippen molar-refractivity contribution < 1.29 is 14.0 Å². The number of Topliss-reactive ketones (excluding diaryl/α,β-unsaturated/α-hetero) is 1. The van der Waals surface area contributed by atoms with Gasteiger partial charge in [-0.3, -0.25) is 9.59 Å². The molecule has 3 N–H and O–H groups in total. The van der Waals surface area contributed by atoms with Crippen molar-refractivity contribution in [2.24, 2.45) is 0 Å². The molecule has 0 aliphatic carbocycles. The fraction of sp³-hybridized carbons (Fsp3) is 0.111. The monoisotopic (exact) mass is 385 g/mol. The Bertz CT molecular complexity index is 1000. The third-order valence-electron chi connectivity index (χ3n) is 3.66. The average Bonchev–Trinajstić information content (AvgIpc) is 3.01. The average molecular weight is 385 g/mol. The smallest absolute Gasteiger partial charge is 0.234 e. The number of ketones is 1. The number of aromatic nitrogens is 3. The van der Waals surface area contributed by atoms with Gasteiger partial charge in [0.15, 0.2) is 11.6 Å². The van der Waals surface area contributed by atoms with Crippen molar-refractivity contribution in [3.63, 3.8) is 0 Å². The highest BCUT2D eigenvalue weighted by molar-refractivity contribution is 7.99. The van der Waals surface area contributed by atoms with Crippen LogP contribution in [0.4, 0.5) is 10.1 Å². The molecule has 7 nitrogen and oxygen atoms in total. The summed E-state index contributed by atoms with van der Waals surface area (Å²) < 4.78 is 14.6. The van der Waals surface area contributed by atoms with Gasteiger partial charge in [-0.2, -0.15) is 0 Å². The lowest BCUT2D eigenvalue weighted by molar-refractivity contribution is -0.113. The van der Waals surface area contributed by atoms with Crippen molar-refractivity contribution in [2.45, 2.75) is 12.1 Å². The first-order valence-electron chi connectivity index (χ1n) is 7.94. The Balaban J connectivity index is 1.67. The second kappa shape index (κ2) is 8.00. The quantitative estimate of drug-likeness (QED) is 0.384. The molecule has 1 heterocycles. The highest BCUT2D eigenvalue weighted by Gasteiger charge is 2.15. The zero-order chi connectivity index (χ0) is 19.4. The molecule has 27 heavy (non-hydrogen) atoms. The first kappa shape index (κ1) is 18.6. The van der Waals surface area contributed by atoms with Crippen LogP contribution in [0.5, 0.6) is 0 Å². The molecule has 0 aliphatic heterocycles. The molecule has 138 valence electrons. The Kier molecular flexibility index (Phi) is 5.51. The third kappa shape index (κ3) is 4.32. The van der Waals surface area contributed by atoms with E-state index in [0.29, 0.717) is 27.8 Å². The van der Waals surface area contributed by atoms with Gasteiger partial charge < -0.3 is 11.2 Å². The van der Waals surface area contributed by atoms with Crippen LogP contribution in [-0.2, 0) is 4.79 Å². The van der Waals surface area contributed by atoms with E-state index in [1.807, 2.05) is 0 Å². The van der Waals surface area contributed by atoms with Gasteiger partial charge in [0.25, 0.3) is 0 Å². The number of carbonyl (C=O) groups excluding carboxylic acids is 2. The van der Waals surface area contributed by atoms with Crippen molar-refractivity contribution >= 4 is 29.1 Å². The lowest BCUT2D eigenvalue weighted by Crippen LogP contribution is -2.17. The highest BCUT2D eigenvalue weighted by atomic mass is 32.2. The number of benzene rings is 2. The van der Waals surface area contributed by atoms with E-state index in [9.17, 15) is 14.0 Å². The van der Waals surface area contributed by atoms with Gasteiger partial charge >= 0.3 is 0 Å². The minimum atomic E-state index is -0.409. The van der Waals surface area contributed by atoms with E-state index in [0.717, 1.165) is 11.8 Å². The van der Waals surface area contributed by atoms with Gasteiger partial charge in [0, 0.05) is 11.1 Å². The van der Waals surface area contributed by atoms with Crippen LogP contribution < -0.4 is 11.2 Å². The van der Waals surface area contributed by atoms with Gasteiger partial charge in [-0.05, 0) is 31.2 Å². The Morgan fingerprint density at radius 2 is 1.96 bits per heavy atom. The van der Waals surface area contributed by atoms with Gasteiger partial charge in [0.1, 0.15) is 5.82 Å². The number of hydrogen-bond acceptors (Lipinski definition) is 6. The molecule has 2 aromatic carbocycles. The van der Waals surface area contributed by atoms with E-state index in [2.05, 4.69) is 15.5 Å². The van der Waals surface area contributed by atoms with Crippen molar-refractivity contribution in [1.29, 1.82) is 0 Å². The lowest BCUT2D eigenvalue weighted by Gasteiger charge is -2.08. The number of anilines is 1. The van der Waals surface area contributed by atoms with Crippen molar-refractivity contribution in [1.82, 2.24) is 14.9 Å². The van der Waals surface area contributed by atoms with Crippen LogP contribution in [-0.4, -0.2) is 32.3 Å². The molecule has 3 aromatic rings. The first-order chi connectivity index (χ1) is 13.0. The Labute approximate surface area is 158 Å². The van der Waals surface area contributed by atoms with Crippen LogP contribution in [0.15, 0.2) is 53.7 Å². The van der Waals surface area contributed by atoms with Gasteiger partial charge in [-0.25, -0.2) is 9.07 Å². The maximum Gasteiger partial charge on any atom is 0.234 e. The number of carbonyl (C=O) groups is 2. The molecule has 0 spiro atoms. The van der Waals surface area contributed by atoms with Crippen LogP contribution in [0.2, 0.25) is 0 Å². The normalized spacial score (nSPS) is 10.6. The van der Waals surface area contributed by atoms with Gasteiger partial charge in [0.2, 0.25) is 11.1 Å². The third-order valence-corrected chi connectivity index (χ3v) is 4.60. The molecule has 0 saturated carbocycles. The standard InChI is InChI=1S/C18H16FN5O2S/c1-11(25)14-7-2-3-8-15(14)21-16(26)10-27-18-23-22-17(24(18)20)12-5-4-6-13(19)9-12/h2-9H,10,20H2,1H3,(H,21,26). The summed E-state index contributed by atoms with van der Waals surface area (Å²) >= 11 is 1.08. The Hall–Kier alpha value is -3.20. The topological polar surface area (TPSA) is 103 Å². The molecule has 3 rings (SSSR count). The van der Waals surface area contributed by atoms with Gasteiger partial charge in [-0.15, -0.1) is 10.2 Å². The Morgan fingerprint density at radius 3 is 2.70 bits per heavy atom. The molecule has 0 fully saturated rings. The van der Waals surface area contributed by atoms with Crippen LogP contribution >= 0.6 is 11.8 Å². The number of halogens is 1. The summed E-state index contributed by atoms with van der Waals surface area (Å²) in [6.07, 6.45) is 0. The summed E-state index contributed by atoms with van der Waals surface area (Å²) in [4.78, 5) is 23.8. The number of nitrogens with two attached hydrogens (primary N) is 1. The number of para-hydroxylation sites is 1. The van der Waals surface area contributed by atoms with Crippen molar-refractivity contribution in [3.8, 4) is 11.4 Å². The maximum absolute atomic E-state index is 13.4. The molecule has 0 bridgehead atoms. The summed E-state index contributed by atoms with van der Waals surface area (Å²) in [6, 6.07) is 12.6. The Morgan fingerprint density at radius 1 is 1.19 bits per heavy atom. The van der Waals surface area contributed by atoms with Crippen LogP contribution in [0.3, 0.4) is 0 Å². The summed E-state index contributed by atoms with van der Waals surface area (Å²) in [5.74, 6) is 5.41. The minimum absolute atomic E-state index is 0.0186. The van der Waals surface area contributed by atoms with Crippen LogP contribution in [0, 0.1) is 5.82 Å². The number of nitrogens with one attached hydrogen (secondary N) is 1. The molecular formula is C18H16FN5O2S. The summed E-state index contributed by atoms with van der Waals surface area (Å²) in [6.45, 7) is 1.44. The molecule has 0 radical (unpaired) electrons. The molecule has 1 aromatic heterocycles. The van der Waals surface area contributed by atoms with E-state index in [-0.39, 0.29) is 17.4 Å². The summed E-state index contributed by atoms with van der Waals surface area (Å²) in [7, 11) is 0. The zero-order valence-electron chi connectivity index (χ0n) is 14.3. The number of nitrogens with zero attached hydrogens (tertiary/aromatic N) is 3. The number of hydrogen-bond donors (Lipinski definition) is 2. The van der Waals surface area contributed by atoms with Gasteiger partial charge in [0.05, 0.1) is 11.4 Å². The minimum Gasteiger partial charge on any atom is -0.335 e. The molecule has 1 amide bonds. The van der Waals surface area contributed by atoms with E-state index in [1.165, 1.54) is 23.7 Å². The molecule has 0 atom stereocenters. The van der Waals surface area contributed by atoms with Crippen LogP contribution in [0.1, 0.15) is 17.3 Å². The maximum atomic E-state index is 13.4. The largest absolute Gasteiger partial charge is 0.335 e. The van der Waals surface area contributed by atoms with E-state index in [4.69, 9.17) is 5.84 Å². The summed E-state index contributed by atoms with van der Waals surface area (Å²) in [5.41, 5.74) is 1.37. The van der Waals surface area contributed by atoms with E-state index >= 15 is 0 Å². The SMILES string of the molecule is CC(=O)c1ccccc1NC(=O)CSc1nnc(-c2cccc(F)c2)n1N. The molecule has 9 heteroatoms. The number of thioether (sulfide) groups is 1. The highest BCUT2D eigenvalue weighted by Crippen LogP contribution is 2.22. The van der Waals surface area contributed by atoms with Crippen molar-refractivity contribution in [2.75, 3.05) is 16.9 Å². The first-order valence-corrected chi connectivity index (χ1v) is 8.93. The molecular weight excluding hydrogens is 369 g/mol. The van der Waals surface area contributed by atoms with Crippen LogP contribution in [0.25, 0.3) is 11.4 Å². The number of nitrogen functional groups attached to an aromatic ring is 1. The zero-order valence-corrected chi connectivity index (χ0v) is 15.2. The fourth-order valence-corrected chi connectivity index (χ4v) is 3.07. The van der Waals surface area contributed by atoms with Crippen molar-refractivity contribution in [3.05, 3.63) is 59.9 Å². The molecule has 0 saturated heterocycles. The lowest BCUT2D eigenvalue weighted by atomic mass is 10.1. The van der Waals surface area contributed by atoms with Gasteiger partial charge in [-0.1, -0.05) is 36.0 Å². The molecule has 0 unspecified atom stereocenters. The predicted molar refractivity (Wildman–Crippen MR) is 101 cm³/mol. The fourth-order valence-electron chi connectivity index (χ4n) is 2.42. The second-order valence-corrected chi connectivity index (χ2v) is 6.57. The van der Waals surface area contributed by atoms with E-state index < -0.39 is 5.82 Å². The number of rotatable bonds is 6. The van der Waals surface area contributed by atoms with E-state index in [1.54, 1.807) is 36.4 Å². The second-order valence-electron chi connectivity index (χ2n) is 5.63. The number of amides is 1. The summed E-state index contributed by atoms with van der Waals surface area (Å²) in [5, 5.41) is 10.9. The predicted octanol–water partition coefficient (Wildman–Crippen LogP) is 2.73.